The van der Waals surface area contributed by atoms with Crippen LogP contribution in [0.5, 0.6) is 0 Å². The normalized spacial score (nSPS) is 25.1. The van der Waals surface area contributed by atoms with Crippen molar-refractivity contribution in [3.63, 3.8) is 0 Å². The third-order valence-electron chi connectivity index (χ3n) is 6.72. The van der Waals surface area contributed by atoms with Crippen LogP contribution >= 0.6 is 35.6 Å². The topological polar surface area (TPSA) is 49.3 Å². The van der Waals surface area contributed by atoms with Crippen molar-refractivity contribution >= 4 is 41.5 Å². The highest BCUT2D eigenvalue weighted by molar-refractivity contribution is 14.0. The van der Waals surface area contributed by atoms with Crippen molar-refractivity contribution in [2.24, 2.45) is 4.99 Å². The Morgan fingerprint density at radius 1 is 1.13 bits per heavy atom. The summed E-state index contributed by atoms with van der Waals surface area (Å²) in [7, 11) is 1.89. The van der Waals surface area contributed by atoms with Crippen LogP contribution < -0.4 is 5.32 Å². The number of ether oxygens (including phenoxy) is 2. The van der Waals surface area contributed by atoms with Gasteiger partial charge < -0.3 is 19.7 Å². The molecule has 1 unspecified atom stereocenters. The van der Waals surface area contributed by atoms with Crippen LogP contribution in [0.4, 0.5) is 0 Å². The van der Waals surface area contributed by atoms with Gasteiger partial charge >= 0.3 is 0 Å². The van der Waals surface area contributed by atoms with Crippen LogP contribution in [0.25, 0.3) is 0 Å². The molecule has 168 valence electrons. The second-order valence-corrected chi connectivity index (χ2v) is 8.72. The Bertz CT molecular complexity index is 708. The van der Waals surface area contributed by atoms with Gasteiger partial charge in [-0.1, -0.05) is 29.8 Å². The molecule has 6 nitrogen and oxygen atoms in total. The van der Waals surface area contributed by atoms with E-state index in [-0.39, 0.29) is 29.4 Å². The van der Waals surface area contributed by atoms with E-state index in [1.54, 1.807) is 0 Å². The molecule has 3 aliphatic heterocycles. The lowest BCUT2D eigenvalue weighted by Crippen LogP contribution is -2.50. The van der Waals surface area contributed by atoms with Crippen LogP contribution in [0, 0.1) is 0 Å². The first-order chi connectivity index (χ1) is 14.2. The highest BCUT2D eigenvalue weighted by Gasteiger charge is 2.37. The van der Waals surface area contributed by atoms with Gasteiger partial charge in [0.2, 0.25) is 0 Å². The molecule has 3 fully saturated rings. The molecule has 30 heavy (non-hydrogen) atoms. The first-order valence-corrected chi connectivity index (χ1v) is 11.2. The third kappa shape index (κ3) is 5.41. The van der Waals surface area contributed by atoms with Crippen LogP contribution in [-0.2, 0) is 14.9 Å². The van der Waals surface area contributed by atoms with Gasteiger partial charge in [0.1, 0.15) is 0 Å². The van der Waals surface area contributed by atoms with Gasteiger partial charge in [0.15, 0.2) is 5.96 Å². The van der Waals surface area contributed by atoms with Gasteiger partial charge in [0.05, 0.1) is 13.2 Å². The molecule has 1 atom stereocenters. The molecule has 0 bridgehead atoms. The summed E-state index contributed by atoms with van der Waals surface area (Å²) >= 11 is 6.60. The van der Waals surface area contributed by atoms with Crippen molar-refractivity contribution in [1.29, 1.82) is 0 Å². The van der Waals surface area contributed by atoms with Crippen molar-refractivity contribution in [3.05, 3.63) is 34.9 Å². The number of nitrogens with zero attached hydrogens (tertiary/aromatic N) is 3. The number of aliphatic imine (C=N–C) groups is 1. The summed E-state index contributed by atoms with van der Waals surface area (Å²) in [6, 6.07) is 8.85. The number of hydrogen-bond donors (Lipinski definition) is 1. The second-order valence-electron chi connectivity index (χ2n) is 8.31. The molecule has 3 saturated heterocycles. The molecule has 0 spiro atoms. The Balaban J connectivity index is 0.00000256. The number of nitrogens with one attached hydrogen (secondary N) is 1. The fourth-order valence-corrected chi connectivity index (χ4v) is 5.29. The van der Waals surface area contributed by atoms with Crippen molar-refractivity contribution in [2.75, 3.05) is 66.2 Å². The molecule has 0 saturated carbocycles. The van der Waals surface area contributed by atoms with Gasteiger partial charge in [-0.2, -0.15) is 0 Å². The van der Waals surface area contributed by atoms with Gasteiger partial charge in [-0.3, -0.25) is 9.89 Å². The van der Waals surface area contributed by atoms with E-state index < -0.39 is 0 Å². The lowest BCUT2D eigenvalue weighted by molar-refractivity contribution is 0.0194. The first-order valence-electron chi connectivity index (χ1n) is 10.8. The molecule has 3 heterocycles. The number of benzene rings is 1. The lowest BCUT2D eigenvalue weighted by Gasteiger charge is -2.39. The van der Waals surface area contributed by atoms with Crippen LogP contribution in [-0.4, -0.2) is 88.0 Å². The van der Waals surface area contributed by atoms with E-state index in [0.717, 1.165) is 83.0 Å². The summed E-state index contributed by atoms with van der Waals surface area (Å²) in [5.41, 5.74) is 1.20. The third-order valence-corrected chi connectivity index (χ3v) is 7.05. The van der Waals surface area contributed by atoms with E-state index in [9.17, 15) is 0 Å². The van der Waals surface area contributed by atoms with Crippen LogP contribution in [0.15, 0.2) is 29.3 Å². The molecule has 0 amide bonds. The zero-order chi connectivity index (χ0) is 20.1. The Kier molecular flexibility index (Phi) is 9.07. The number of hydrogen-bond acceptors (Lipinski definition) is 4. The van der Waals surface area contributed by atoms with Crippen molar-refractivity contribution in [2.45, 2.75) is 30.7 Å². The zero-order valence-electron chi connectivity index (χ0n) is 17.8. The number of rotatable bonds is 4. The molecule has 4 rings (SSSR count). The van der Waals surface area contributed by atoms with E-state index in [1.807, 2.05) is 19.2 Å². The Labute approximate surface area is 202 Å². The fourth-order valence-electron chi connectivity index (χ4n) is 4.95. The average Bonchev–Trinajstić information content (AvgIpc) is 3.26. The maximum atomic E-state index is 6.60. The van der Waals surface area contributed by atoms with Crippen molar-refractivity contribution in [1.82, 2.24) is 15.1 Å². The molecule has 8 heteroatoms. The summed E-state index contributed by atoms with van der Waals surface area (Å²) in [6.45, 7) is 8.23. The summed E-state index contributed by atoms with van der Waals surface area (Å²) in [4.78, 5) is 9.58. The van der Waals surface area contributed by atoms with Gasteiger partial charge in [-0.05, 0) is 30.9 Å². The quantitative estimate of drug-likeness (QED) is 0.356. The molecule has 1 N–H and O–H groups in total. The largest absolute Gasteiger partial charge is 0.381 e. The van der Waals surface area contributed by atoms with Gasteiger partial charge in [0, 0.05) is 69.5 Å². The van der Waals surface area contributed by atoms with Crippen LogP contribution in [0.3, 0.4) is 0 Å². The van der Waals surface area contributed by atoms with Gasteiger partial charge in [-0.25, -0.2) is 0 Å². The van der Waals surface area contributed by atoms with E-state index in [2.05, 4.69) is 32.2 Å². The zero-order valence-corrected chi connectivity index (χ0v) is 20.9. The minimum absolute atomic E-state index is 0. The van der Waals surface area contributed by atoms with Crippen molar-refractivity contribution in [3.8, 4) is 0 Å². The first kappa shape index (κ1) is 24.0. The molecular formula is C22H34ClIN4O2. The van der Waals surface area contributed by atoms with Gasteiger partial charge in [-0.15, -0.1) is 24.0 Å². The van der Waals surface area contributed by atoms with Crippen LogP contribution in [0.1, 0.15) is 24.8 Å². The van der Waals surface area contributed by atoms with E-state index in [0.29, 0.717) is 6.04 Å². The predicted octanol–water partition coefficient (Wildman–Crippen LogP) is 2.99. The molecule has 0 radical (unpaired) electrons. The number of guanidine groups is 1. The average molecular weight is 549 g/mol. The molecule has 1 aromatic rings. The molecule has 0 aliphatic carbocycles. The van der Waals surface area contributed by atoms with Crippen LogP contribution in [0.2, 0.25) is 5.02 Å². The van der Waals surface area contributed by atoms with E-state index >= 15 is 0 Å². The maximum Gasteiger partial charge on any atom is 0.193 e. The maximum absolute atomic E-state index is 6.60. The summed E-state index contributed by atoms with van der Waals surface area (Å²) in [6.07, 6.45) is 3.12. The Hall–Kier alpha value is -0.610. The van der Waals surface area contributed by atoms with E-state index in [4.69, 9.17) is 21.1 Å². The Morgan fingerprint density at radius 2 is 1.83 bits per heavy atom. The standard InChI is InChI=1S/C22H33ClN4O2.HI/c1-24-21(27-9-6-18(16-27)26-10-14-29-15-11-26)25-17-22(7-12-28-13-8-22)19-4-2-3-5-20(19)23;/h2-5,18H,6-17H2,1H3,(H,24,25);1H. The highest BCUT2D eigenvalue weighted by atomic mass is 127. The highest BCUT2D eigenvalue weighted by Crippen LogP contribution is 2.38. The summed E-state index contributed by atoms with van der Waals surface area (Å²) in [5.74, 6) is 0.999. The Morgan fingerprint density at radius 3 is 2.53 bits per heavy atom. The lowest BCUT2D eigenvalue weighted by atomic mass is 9.74. The molecule has 1 aromatic carbocycles. The fraction of sp³-hybridized carbons (Fsp3) is 0.682. The minimum atomic E-state index is -0.0180. The second kappa shape index (κ2) is 11.3. The SMILES string of the molecule is CN=C(NCC1(c2ccccc2Cl)CCOCC1)N1CCC(N2CCOCC2)C1.I. The summed E-state index contributed by atoms with van der Waals surface area (Å²) in [5, 5.41) is 4.54. The predicted molar refractivity (Wildman–Crippen MR) is 132 cm³/mol. The van der Waals surface area contributed by atoms with E-state index in [1.165, 1.54) is 12.0 Å². The smallest absolute Gasteiger partial charge is 0.193 e. The number of halogens is 2. The van der Waals surface area contributed by atoms with Crippen molar-refractivity contribution < 1.29 is 9.47 Å². The van der Waals surface area contributed by atoms with Gasteiger partial charge in [0.25, 0.3) is 0 Å². The monoisotopic (exact) mass is 548 g/mol. The number of likely N-dealkylation sites (tertiary alicyclic amines) is 1. The number of morpholine rings is 1. The molecule has 0 aromatic heterocycles. The summed E-state index contributed by atoms with van der Waals surface area (Å²) < 4.78 is 11.2. The molecular weight excluding hydrogens is 515 g/mol. The molecule has 3 aliphatic rings. The minimum Gasteiger partial charge on any atom is -0.381 e.